The number of aryl methyl sites for hydroxylation is 1. The van der Waals surface area contributed by atoms with Crippen molar-refractivity contribution < 1.29 is 9.72 Å². The van der Waals surface area contributed by atoms with E-state index in [-0.39, 0.29) is 17.3 Å². The van der Waals surface area contributed by atoms with E-state index in [1.54, 1.807) is 12.1 Å². The molecule has 0 aliphatic carbocycles. The van der Waals surface area contributed by atoms with E-state index >= 15 is 0 Å². The van der Waals surface area contributed by atoms with E-state index in [0.29, 0.717) is 12.3 Å². The molecule has 0 spiro atoms. The summed E-state index contributed by atoms with van der Waals surface area (Å²) in [5.41, 5.74) is 1.09. The Morgan fingerprint density at radius 1 is 1.58 bits per heavy atom. The maximum absolute atomic E-state index is 11.9. The first-order chi connectivity index (χ1) is 9.06. The molecule has 0 aromatic heterocycles. The number of carbonyl (C=O) groups is 1. The summed E-state index contributed by atoms with van der Waals surface area (Å²) < 4.78 is 0. The number of nitro benzene ring substituents is 1. The molecule has 102 valence electrons. The fourth-order valence-electron chi connectivity index (χ4n) is 2.26. The average Bonchev–Trinajstić information content (AvgIpc) is 2.81. The average molecular weight is 263 g/mol. The second-order valence-corrected chi connectivity index (χ2v) is 4.89. The zero-order valence-electron chi connectivity index (χ0n) is 10.8. The number of anilines is 1. The van der Waals surface area contributed by atoms with Crippen LogP contribution in [0.1, 0.15) is 18.4 Å². The first-order valence-electron chi connectivity index (χ1n) is 6.32. The molecule has 1 aliphatic heterocycles. The van der Waals surface area contributed by atoms with Crippen LogP contribution in [0, 0.1) is 23.0 Å². The van der Waals surface area contributed by atoms with Gasteiger partial charge < -0.3 is 10.6 Å². The Morgan fingerprint density at radius 2 is 2.37 bits per heavy atom. The third-order valence-corrected chi connectivity index (χ3v) is 3.26. The maximum Gasteiger partial charge on any atom is 0.292 e. The summed E-state index contributed by atoms with van der Waals surface area (Å²) in [5, 5.41) is 16.7. The van der Waals surface area contributed by atoms with Crippen LogP contribution in [-0.4, -0.2) is 23.9 Å². The van der Waals surface area contributed by atoms with Crippen LogP contribution < -0.4 is 10.6 Å². The van der Waals surface area contributed by atoms with Crippen LogP contribution in [0.5, 0.6) is 0 Å². The summed E-state index contributed by atoms with van der Waals surface area (Å²) in [7, 11) is 0. The highest BCUT2D eigenvalue weighted by Gasteiger charge is 2.20. The normalized spacial score (nSPS) is 18.3. The minimum absolute atomic E-state index is 0.0662. The van der Waals surface area contributed by atoms with Crippen LogP contribution in [0.4, 0.5) is 11.4 Å². The molecule has 0 bridgehead atoms. The van der Waals surface area contributed by atoms with Gasteiger partial charge in [-0.3, -0.25) is 14.9 Å². The van der Waals surface area contributed by atoms with E-state index in [4.69, 9.17) is 0 Å². The number of nitro groups is 1. The van der Waals surface area contributed by atoms with Crippen LogP contribution in [0.2, 0.25) is 0 Å². The lowest BCUT2D eigenvalue weighted by molar-refractivity contribution is -0.383. The number of benzene rings is 1. The van der Waals surface area contributed by atoms with Gasteiger partial charge >= 0.3 is 0 Å². The molecule has 1 amide bonds. The maximum atomic E-state index is 11.9. The highest BCUT2D eigenvalue weighted by molar-refractivity contribution is 5.93. The van der Waals surface area contributed by atoms with E-state index in [0.717, 1.165) is 25.1 Å². The Hall–Kier alpha value is -1.95. The summed E-state index contributed by atoms with van der Waals surface area (Å²) in [4.78, 5) is 22.3. The smallest absolute Gasteiger partial charge is 0.292 e. The van der Waals surface area contributed by atoms with Crippen molar-refractivity contribution >= 4 is 17.3 Å². The molecular weight excluding hydrogens is 246 g/mol. The van der Waals surface area contributed by atoms with Crippen LogP contribution in [0.3, 0.4) is 0 Å². The quantitative estimate of drug-likeness (QED) is 0.641. The van der Waals surface area contributed by atoms with Gasteiger partial charge in [-0.15, -0.1) is 0 Å². The zero-order chi connectivity index (χ0) is 13.8. The standard InChI is InChI=1S/C13H17N3O3/c1-9-2-3-12(16(18)19)11(6-9)15-13(17)7-10-4-5-14-8-10/h2-3,6,10,14H,4-5,7-8H2,1H3,(H,15,17). The molecule has 19 heavy (non-hydrogen) atoms. The SMILES string of the molecule is Cc1ccc([N+](=O)[O-])c(NC(=O)CC2CCNC2)c1. The lowest BCUT2D eigenvalue weighted by Gasteiger charge is -2.10. The number of amides is 1. The lowest BCUT2D eigenvalue weighted by Crippen LogP contribution is -2.18. The van der Waals surface area contributed by atoms with E-state index in [1.165, 1.54) is 6.07 Å². The molecule has 1 aromatic rings. The van der Waals surface area contributed by atoms with Crippen molar-refractivity contribution in [2.45, 2.75) is 19.8 Å². The van der Waals surface area contributed by atoms with Crippen molar-refractivity contribution in [1.29, 1.82) is 0 Å². The predicted molar refractivity (Wildman–Crippen MR) is 72.1 cm³/mol. The largest absolute Gasteiger partial charge is 0.320 e. The molecule has 1 unspecified atom stereocenters. The molecule has 1 atom stereocenters. The third kappa shape index (κ3) is 3.51. The Bertz CT molecular complexity index is 496. The van der Waals surface area contributed by atoms with Gasteiger partial charge in [0.15, 0.2) is 0 Å². The minimum atomic E-state index is -0.480. The van der Waals surface area contributed by atoms with Gasteiger partial charge in [-0.1, -0.05) is 6.07 Å². The first kappa shape index (κ1) is 13.5. The van der Waals surface area contributed by atoms with Crippen LogP contribution in [0.25, 0.3) is 0 Å². The van der Waals surface area contributed by atoms with Crippen molar-refractivity contribution in [3.63, 3.8) is 0 Å². The second kappa shape index (κ2) is 5.79. The fourth-order valence-corrected chi connectivity index (χ4v) is 2.26. The number of nitrogens with zero attached hydrogens (tertiary/aromatic N) is 1. The molecular formula is C13H17N3O3. The monoisotopic (exact) mass is 263 g/mol. The number of carbonyl (C=O) groups excluding carboxylic acids is 1. The number of rotatable bonds is 4. The topological polar surface area (TPSA) is 84.3 Å². The zero-order valence-corrected chi connectivity index (χ0v) is 10.8. The van der Waals surface area contributed by atoms with Gasteiger partial charge in [0.1, 0.15) is 5.69 Å². The van der Waals surface area contributed by atoms with Crippen LogP contribution in [-0.2, 0) is 4.79 Å². The molecule has 0 radical (unpaired) electrons. The molecule has 6 nitrogen and oxygen atoms in total. The highest BCUT2D eigenvalue weighted by atomic mass is 16.6. The summed E-state index contributed by atoms with van der Waals surface area (Å²) in [6.07, 6.45) is 1.38. The summed E-state index contributed by atoms with van der Waals surface area (Å²) >= 11 is 0. The van der Waals surface area contributed by atoms with Gasteiger partial charge in [0, 0.05) is 12.5 Å². The van der Waals surface area contributed by atoms with E-state index < -0.39 is 4.92 Å². The lowest BCUT2D eigenvalue weighted by atomic mass is 10.0. The molecule has 1 aliphatic rings. The number of hydrogen-bond donors (Lipinski definition) is 2. The Morgan fingerprint density at radius 3 is 3.00 bits per heavy atom. The minimum Gasteiger partial charge on any atom is -0.320 e. The summed E-state index contributed by atoms with van der Waals surface area (Å²) in [6, 6.07) is 4.71. The van der Waals surface area contributed by atoms with Gasteiger partial charge in [-0.25, -0.2) is 0 Å². The molecule has 6 heteroatoms. The Labute approximate surface area is 111 Å². The molecule has 1 heterocycles. The molecule has 0 saturated carbocycles. The fraction of sp³-hybridized carbons (Fsp3) is 0.462. The van der Waals surface area contributed by atoms with Gasteiger partial charge in [-0.2, -0.15) is 0 Å². The molecule has 2 N–H and O–H groups in total. The van der Waals surface area contributed by atoms with Gasteiger partial charge in [0.25, 0.3) is 5.69 Å². The van der Waals surface area contributed by atoms with E-state index in [9.17, 15) is 14.9 Å². The van der Waals surface area contributed by atoms with E-state index in [1.807, 2.05) is 6.92 Å². The Balaban J connectivity index is 2.06. The van der Waals surface area contributed by atoms with E-state index in [2.05, 4.69) is 10.6 Å². The van der Waals surface area contributed by atoms with Crippen molar-refractivity contribution in [2.24, 2.45) is 5.92 Å². The second-order valence-electron chi connectivity index (χ2n) is 4.89. The third-order valence-electron chi connectivity index (χ3n) is 3.26. The Kier molecular flexibility index (Phi) is 4.11. The van der Waals surface area contributed by atoms with Gasteiger partial charge in [0.05, 0.1) is 4.92 Å². The first-order valence-corrected chi connectivity index (χ1v) is 6.32. The number of nitrogens with one attached hydrogen (secondary N) is 2. The molecule has 1 fully saturated rings. The van der Waals surface area contributed by atoms with Gasteiger partial charge in [-0.05, 0) is 44.0 Å². The highest BCUT2D eigenvalue weighted by Crippen LogP contribution is 2.26. The van der Waals surface area contributed by atoms with Crippen LogP contribution >= 0.6 is 0 Å². The molecule has 1 aromatic carbocycles. The molecule has 1 saturated heterocycles. The predicted octanol–water partition coefficient (Wildman–Crippen LogP) is 1.84. The summed E-state index contributed by atoms with van der Waals surface area (Å²) in [6.45, 7) is 3.60. The molecule has 2 rings (SSSR count). The van der Waals surface area contributed by atoms with Gasteiger partial charge in [0.2, 0.25) is 5.91 Å². The van der Waals surface area contributed by atoms with Crippen molar-refractivity contribution in [3.8, 4) is 0 Å². The number of hydrogen-bond acceptors (Lipinski definition) is 4. The van der Waals surface area contributed by atoms with Crippen molar-refractivity contribution in [3.05, 3.63) is 33.9 Å². The summed E-state index contributed by atoms with van der Waals surface area (Å²) in [5.74, 6) is 0.159. The van der Waals surface area contributed by atoms with Crippen molar-refractivity contribution in [1.82, 2.24) is 5.32 Å². The van der Waals surface area contributed by atoms with Crippen LogP contribution in [0.15, 0.2) is 18.2 Å². The van der Waals surface area contributed by atoms with Crippen molar-refractivity contribution in [2.75, 3.05) is 18.4 Å².